The molecular weight excluding hydrogens is 413 g/mol. The molecular formula is C21H25F3N4OS. The number of carbonyl (C=O) groups excluding carboxylic acids is 1. The van der Waals surface area contributed by atoms with Crippen molar-refractivity contribution in [2.45, 2.75) is 39.0 Å². The molecule has 0 aliphatic carbocycles. The Morgan fingerprint density at radius 2 is 2.10 bits per heavy atom. The van der Waals surface area contributed by atoms with E-state index in [0.717, 1.165) is 25.1 Å². The number of thiophene rings is 1. The minimum Gasteiger partial charge on any atom is -0.357 e. The molecule has 0 radical (unpaired) electrons. The predicted molar refractivity (Wildman–Crippen MR) is 112 cm³/mol. The molecule has 2 aromatic rings. The van der Waals surface area contributed by atoms with Gasteiger partial charge < -0.3 is 15.5 Å². The topological polar surface area (TPSA) is 56.7 Å². The lowest BCUT2D eigenvalue weighted by molar-refractivity contribution is -0.137. The van der Waals surface area contributed by atoms with Crippen LogP contribution >= 0.6 is 11.3 Å². The smallest absolute Gasteiger partial charge is 0.357 e. The van der Waals surface area contributed by atoms with Crippen LogP contribution in [0.2, 0.25) is 0 Å². The van der Waals surface area contributed by atoms with E-state index >= 15 is 0 Å². The number of fused-ring (bicyclic) bond motifs is 1. The molecule has 9 heteroatoms. The lowest BCUT2D eigenvalue weighted by atomic mass is 10.1. The maximum Gasteiger partial charge on any atom is 0.416 e. The van der Waals surface area contributed by atoms with Crippen LogP contribution in [0.5, 0.6) is 0 Å². The molecule has 1 aliphatic rings. The molecule has 1 aromatic heterocycles. The quantitative estimate of drug-likeness (QED) is 0.533. The number of benzene rings is 1. The molecule has 30 heavy (non-hydrogen) atoms. The first-order valence-electron chi connectivity index (χ1n) is 9.88. The van der Waals surface area contributed by atoms with Crippen molar-refractivity contribution in [1.82, 2.24) is 15.5 Å². The monoisotopic (exact) mass is 438 g/mol. The van der Waals surface area contributed by atoms with Crippen LogP contribution in [0.4, 0.5) is 13.2 Å². The van der Waals surface area contributed by atoms with E-state index < -0.39 is 11.7 Å². The van der Waals surface area contributed by atoms with Crippen molar-refractivity contribution in [3.05, 3.63) is 57.3 Å². The van der Waals surface area contributed by atoms with Crippen LogP contribution < -0.4 is 10.6 Å². The van der Waals surface area contributed by atoms with Gasteiger partial charge in [0, 0.05) is 37.5 Å². The number of carbonyl (C=O) groups is 1. The number of alkyl halides is 3. The normalized spacial score (nSPS) is 14.4. The van der Waals surface area contributed by atoms with E-state index in [1.165, 1.54) is 16.5 Å². The summed E-state index contributed by atoms with van der Waals surface area (Å²) in [7, 11) is 0. The summed E-state index contributed by atoms with van der Waals surface area (Å²) in [6.45, 7) is 4.41. The highest BCUT2D eigenvalue weighted by Gasteiger charge is 2.30. The number of rotatable bonds is 6. The predicted octanol–water partition coefficient (Wildman–Crippen LogP) is 3.80. The molecule has 0 fully saturated rings. The lowest BCUT2D eigenvalue weighted by Crippen LogP contribution is -2.41. The van der Waals surface area contributed by atoms with E-state index in [0.29, 0.717) is 37.6 Å². The van der Waals surface area contributed by atoms with Gasteiger partial charge in [-0.15, -0.1) is 11.3 Å². The van der Waals surface area contributed by atoms with Crippen LogP contribution in [0.3, 0.4) is 0 Å². The fourth-order valence-electron chi connectivity index (χ4n) is 3.27. The van der Waals surface area contributed by atoms with Crippen LogP contribution in [0.15, 0.2) is 40.7 Å². The highest BCUT2D eigenvalue weighted by Crippen LogP contribution is 2.29. The van der Waals surface area contributed by atoms with Gasteiger partial charge >= 0.3 is 6.18 Å². The number of hydrogen-bond donors (Lipinski definition) is 2. The summed E-state index contributed by atoms with van der Waals surface area (Å²) in [5, 5.41) is 8.20. The van der Waals surface area contributed by atoms with Crippen molar-refractivity contribution in [3.63, 3.8) is 0 Å². The van der Waals surface area contributed by atoms with E-state index in [2.05, 4.69) is 27.1 Å². The van der Waals surface area contributed by atoms with Gasteiger partial charge in [0.2, 0.25) is 5.91 Å². The third-order valence-corrected chi connectivity index (χ3v) is 5.83. The van der Waals surface area contributed by atoms with Crippen LogP contribution in [0.25, 0.3) is 0 Å². The fourth-order valence-corrected chi connectivity index (χ4v) is 4.16. The zero-order chi connectivity index (χ0) is 21.6. The summed E-state index contributed by atoms with van der Waals surface area (Å²) < 4.78 is 38.6. The number of amides is 1. The molecule has 1 aromatic carbocycles. The molecule has 162 valence electrons. The van der Waals surface area contributed by atoms with Gasteiger partial charge in [-0.05, 0) is 48.1 Å². The summed E-state index contributed by atoms with van der Waals surface area (Å²) in [5.74, 6) is 0.551. The van der Waals surface area contributed by atoms with Gasteiger partial charge in [-0.1, -0.05) is 12.1 Å². The molecule has 1 aliphatic heterocycles. The van der Waals surface area contributed by atoms with Gasteiger partial charge in [-0.3, -0.25) is 4.79 Å². The Morgan fingerprint density at radius 1 is 1.27 bits per heavy atom. The standard InChI is InChI=1S/C21H25F3N4OS/c1-2-25-20(27-13-15-4-3-5-17(12-15)21(22,23)24)26-9-6-19(29)28-10-7-18-16(14-28)8-11-30-18/h3-5,8,11-12H,2,6-7,9-10,13-14H2,1H3,(H2,25,26,27). The number of hydrogen-bond acceptors (Lipinski definition) is 3. The van der Waals surface area contributed by atoms with Crippen LogP contribution in [-0.4, -0.2) is 36.4 Å². The third-order valence-electron chi connectivity index (χ3n) is 4.81. The number of nitrogens with zero attached hydrogens (tertiary/aromatic N) is 2. The number of guanidine groups is 1. The van der Waals surface area contributed by atoms with Gasteiger partial charge in [0.1, 0.15) is 0 Å². The highest BCUT2D eigenvalue weighted by molar-refractivity contribution is 7.10. The first kappa shape index (κ1) is 22.1. The van der Waals surface area contributed by atoms with Gasteiger partial charge in [-0.2, -0.15) is 13.2 Å². The second-order valence-electron chi connectivity index (χ2n) is 7.00. The van der Waals surface area contributed by atoms with E-state index in [9.17, 15) is 18.0 Å². The third kappa shape index (κ3) is 5.98. The van der Waals surface area contributed by atoms with E-state index in [-0.39, 0.29) is 12.5 Å². The summed E-state index contributed by atoms with van der Waals surface area (Å²) in [6.07, 6.45) is -3.15. The summed E-state index contributed by atoms with van der Waals surface area (Å²) in [5.41, 5.74) is 1.01. The Labute approximate surface area is 178 Å². The number of halogens is 3. The first-order chi connectivity index (χ1) is 14.4. The van der Waals surface area contributed by atoms with Crippen molar-refractivity contribution in [3.8, 4) is 0 Å². The fraction of sp³-hybridized carbons (Fsp3) is 0.429. The van der Waals surface area contributed by atoms with Crippen molar-refractivity contribution < 1.29 is 18.0 Å². The molecule has 2 heterocycles. The number of aliphatic imine (C=N–C) groups is 1. The van der Waals surface area contributed by atoms with E-state index in [1.54, 1.807) is 17.4 Å². The maximum absolute atomic E-state index is 12.9. The van der Waals surface area contributed by atoms with Crippen LogP contribution in [0, 0.1) is 0 Å². The molecule has 2 N–H and O–H groups in total. The Balaban J connectivity index is 1.51. The number of nitrogens with one attached hydrogen (secondary N) is 2. The Hall–Kier alpha value is -2.55. The van der Waals surface area contributed by atoms with Gasteiger partial charge in [0.15, 0.2) is 5.96 Å². The molecule has 5 nitrogen and oxygen atoms in total. The molecule has 3 rings (SSSR count). The first-order valence-corrected chi connectivity index (χ1v) is 10.8. The van der Waals surface area contributed by atoms with Gasteiger partial charge in [0.25, 0.3) is 0 Å². The van der Waals surface area contributed by atoms with E-state index in [4.69, 9.17) is 0 Å². The summed E-state index contributed by atoms with van der Waals surface area (Å²) in [4.78, 5) is 20.1. The molecule has 0 bridgehead atoms. The molecule has 0 atom stereocenters. The summed E-state index contributed by atoms with van der Waals surface area (Å²) in [6, 6.07) is 7.21. The second-order valence-corrected chi connectivity index (χ2v) is 8.01. The van der Waals surface area contributed by atoms with Crippen molar-refractivity contribution in [1.29, 1.82) is 0 Å². The zero-order valence-electron chi connectivity index (χ0n) is 16.8. The molecule has 0 saturated carbocycles. The Kier molecular flexibility index (Phi) is 7.36. The molecule has 1 amide bonds. The zero-order valence-corrected chi connectivity index (χ0v) is 17.6. The van der Waals surface area contributed by atoms with Gasteiger partial charge in [0.05, 0.1) is 12.1 Å². The minimum atomic E-state index is -4.37. The Morgan fingerprint density at radius 3 is 2.87 bits per heavy atom. The Bertz CT molecular complexity index is 894. The average molecular weight is 439 g/mol. The van der Waals surface area contributed by atoms with Crippen LogP contribution in [-0.2, 0) is 30.5 Å². The van der Waals surface area contributed by atoms with Crippen molar-refractivity contribution in [2.24, 2.45) is 4.99 Å². The highest BCUT2D eigenvalue weighted by atomic mass is 32.1. The van der Waals surface area contributed by atoms with Crippen molar-refractivity contribution in [2.75, 3.05) is 19.6 Å². The second kappa shape index (κ2) is 9.97. The lowest BCUT2D eigenvalue weighted by Gasteiger charge is -2.27. The minimum absolute atomic E-state index is 0.0769. The molecule has 0 unspecified atom stereocenters. The van der Waals surface area contributed by atoms with E-state index in [1.807, 2.05) is 11.8 Å². The maximum atomic E-state index is 12.9. The van der Waals surface area contributed by atoms with Crippen LogP contribution in [0.1, 0.15) is 34.9 Å². The molecule has 0 saturated heterocycles. The average Bonchev–Trinajstić information content (AvgIpc) is 3.19. The van der Waals surface area contributed by atoms with Gasteiger partial charge in [-0.25, -0.2) is 4.99 Å². The molecule has 0 spiro atoms. The summed E-state index contributed by atoms with van der Waals surface area (Å²) >= 11 is 1.74. The van der Waals surface area contributed by atoms with Crippen molar-refractivity contribution >= 4 is 23.2 Å². The largest absolute Gasteiger partial charge is 0.416 e. The SMILES string of the molecule is CCNC(=NCc1cccc(C(F)(F)F)c1)NCCC(=O)N1CCc2sccc2C1.